The Morgan fingerprint density at radius 1 is 0.969 bits per heavy atom. The zero-order valence-corrected chi connectivity index (χ0v) is 37.0. The lowest BCUT2D eigenvalue weighted by Gasteiger charge is -2.25. The molecule has 3 amide bonds. The molecule has 9 N–H and O–H groups in total. The summed E-state index contributed by atoms with van der Waals surface area (Å²) in [6.07, 6.45) is -3.11. The van der Waals surface area contributed by atoms with E-state index in [4.69, 9.17) is 18.9 Å². The minimum atomic E-state index is -5.35. The Labute approximate surface area is 376 Å². The van der Waals surface area contributed by atoms with Crippen molar-refractivity contribution in [2.45, 2.75) is 116 Å². The van der Waals surface area contributed by atoms with Crippen molar-refractivity contribution in [3.8, 4) is 0 Å². The quantitative estimate of drug-likeness (QED) is 0.0294. The summed E-state index contributed by atoms with van der Waals surface area (Å²) in [6.45, 7) is 5.13. The molecule has 0 fully saturated rings. The van der Waals surface area contributed by atoms with Crippen LogP contribution < -0.4 is 43.2 Å². The molecule has 2 heterocycles. The van der Waals surface area contributed by atoms with Gasteiger partial charge in [-0.25, -0.2) is 14.8 Å². The molecule has 3 atom stereocenters. The number of carbonyl (C=O) groups excluding carboxylic acids is 6. The van der Waals surface area contributed by atoms with Crippen molar-refractivity contribution >= 4 is 64.0 Å². The fourth-order valence-corrected chi connectivity index (χ4v) is 6.38. The van der Waals surface area contributed by atoms with Crippen LogP contribution in [0.5, 0.6) is 0 Å². The third-order valence-corrected chi connectivity index (χ3v) is 9.68. The molecule has 23 heteroatoms. The number of Topliss-reactive ketones (excluding diaryl/α,β-unsaturated/α-hetero) is 2. The van der Waals surface area contributed by atoms with E-state index in [0.717, 1.165) is 30.5 Å². The van der Waals surface area contributed by atoms with Crippen molar-refractivity contribution < 1.29 is 49.4 Å². The monoisotopic (exact) mass is 920 g/mol. The molecule has 0 aliphatic heterocycles. The Morgan fingerprint density at radius 2 is 1.68 bits per heavy atom. The molecule has 0 spiro atoms. The number of H-pyrrole nitrogens is 1. The standard InChI is InChI=1S/C42H59F3N12O8/c1-7-31(59)29(12-8-9-19-48-5)53-35(61)25(11-10-20-50-39(46)49-6)21-28(58)17-18-30(37(63)65-41(2,3)4)54-34(60)24-13-15-27(16-14-24)57(38(64)42(43,44)45)23-26-22-51-33-32(52-26)36(62)56-40(47)55-33/h13-16,22,25,29-30,48H,7-12,17-21,23H2,1-6H3,(H,53,61)(H,54,60)(H3,46,49,50)(H3,47,51,55,56,62)/t25-,29+,30+/m1/s1/i5T2. The van der Waals surface area contributed by atoms with Crippen LogP contribution in [-0.4, -0.2) is 112 Å². The molecule has 65 heavy (non-hydrogen) atoms. The molecule has 20 nitrogen and oxygen atoms in total. The average molecular weight is 921 g/mol. The second-order valence-corrected chi connectivity index (χ2v) is 16.0. The number of nitrogen functional groups attached to an aromatic ring is 1. The van der Waals surface area contributed by atoms with Gasteiger partial charge < -0.3 is 37.5 Å². The highest BCUT2D eigenvalue weighted by Crippen LogP contribution is 2.26. The predicted molar refractivity (Wildman–Crippen MR) is 235 cm³/mol. The number of benzene rings is 1. The van der Waals surface area contributed by atoms with Gasteiger partial charge in [0.05, 0.1) is 24.5 Å². The number of nitrogens with one attached hydrogen (secondary N) is 5. The summed E-state index contributed by atoms with van der Waals surface area (Å²) in [5, 5.41) is 10.9. The molecule has 0 aliphatic rings. The highest BCUT2D eigenvalue weighted by molar-refractivity contribution is 6.00. The van der Waals surface area contributed by atoms with Gasteiger partial charge in [0, 0.05) is 52.8 Å². The number of aromatic amines is 1. The summed E-state index contributed by atoms with van der Waals surface area (Å²) < 4.78 is 61.5. The summed E-state index contributed by atoms with van der Waals surface area (Å²) in [6, 6.07) is 2.09. The van der Waals surface area contributed by atoms with Gasteiger partial charge in [-0.2, -0.15) is 18.2 Å². The molecule has 0 unspecified atom stereocenters. The normalized spacial score (nSPS) is 13.8. The first kappa shape index (κ1) is 49.5. The van der Waals surface area contributed by atoms with Crippen LogP contribution in [-0.2, 0) is 35.3 Å². The van der Waals surface area contributed by atoms with Gasteiger partial charge >= 0.3 is 18.1 Å². The van der Waals surface area contributed by atoms with Gasteiger partial charge in [-0.05, 0) is 97.1 Å². The van der Waals surface area contributed by atoms with Crippen molar-refractivity contribution in [1.29, 1.82) is 0 Å². The minimum absolute atomic E-state index is 0.146. The lowest BCUT2D eigenvalue weighted by Crippen LogP contribution is -2.45. The van der Waals surface area contributed by atoms with Crippen LogP contribution >= 0.6 is 0 Å². The second kappa shape index (κ2) is 24.5. The molecular formula is C42H59F3N12O8. The average Bonchev–Trinajstić information content (AvgIpc) is 3.25. The molecule has 0 radical (unpaired) electrons. The highest BCUT2D eigenvalue weighted by atomic mass is 19.4. The first-order chi connectivity index (χ1) is 31.4. The number of fused-ring (bicyclic) bond motifs is 1. The number of anilines is 2. The number of amides is 3. The van der Waals surface area contributed by atoms with E-state index >= 15 is 0 Å². The number of ether oxygens (including phenoxy) is 1. The van der Waals surface area contributed by atoms with Gasteiger partial charge in [0.15, 0.2) is 22.9 Å². The molecular weight excluding hydrogens is 858 g/mol. The number of alkyl halides is 3. The number of ketones is 2. The van der Waals surface area contributed by atoms with E-state index < -0.39 is 78.4 Å². The van der Waals surface area contributed by atoms with Crippen molar-refractivity contribution in [1.82, 2.24) is 41.2 Å². The number of halogens is 3. The second-order valence-electron chi connectivity index (χ2n) is 16.0. The van der Waals surface area contributed by atoms with Crippen LogP contribution in [0, 0.1) is 5.92 Å². The molecule has 0 aliphatic carbocycles. The van der Waals surface area contributed by atoms with E-state index in [2.05, 4.69) is 46.2 Å². The van der Waals surface area contributed by atoms with Crippen molar-refractivity contribution in [2.24, 2.45) is 16.6 Å². The number of aromatic nitrogens is 4. The van der Waals surface area contributed by atoms with Gasteiger partial charge in [-0.1, -0.05) is 6.92 Å². The summed E-state index contributed by atoms with van der Waals surface area (Å²) in [5.41, 5.74) is 8.22. The lowest BCUT2D eigenvalue weighted by molar-refractivity contribution is -0.170. The zero-order valence-electron chi connectivity index (χ0n) is 39.0. The maximum atomic E-state index is 13.8. The molecule has 3 aromatic rings. The number of unbranched alkanes of at least 4 members (excludes halogenated alkanes) is 1. The Hall–Kier alpha value is -6.52. The number of carbonyl (C=O) groups is 6. The van der Waals surface area contributed by atoms with Crippen molar-refractivity contribution in [3.05, 3.63) is 52.1 Å². The molecule has 0 saturated carbocycles. The van der Waals surface area contributed by atoms with E-state index in [1.54, 1.807) is 27.7 Å². The maximum absolute atomic E-state index is 13.8. The summed E-state index contributed by atoms with van der Waals surface area (Å²) in [5.74, 6) is -6.26. The third kappa shape index (κ3) is 17.2. The number of hydrogen-bond acceptors (Lipinski definition) is 14. The van der Waals surface area contributed by atoms with E-state index in [0.29, 0.717) is 43.7 Å². The van der Waals surface area contributed by atoms with E-state index in [9.17, 15) is 46.7 Å². The van der Waals surface area contributed by atoms with Crippen LogP contribution in [0.3, 0.4) is 0 Å². The molecule has 356 valence electrons. The van der Waals surface area contributed by atoms with Crippen LogP contribution in [0.1, 0.15) is 104 Å². The fourth-order valence-electron chi connectivity index (χ4n) is 6.38. The number of nitrogens with two attached hydrogens (primary N) is 2. The maximum Gasteiger partial charge on any atom is 0.471 e. The predicted octanol–water partition coefficient (Wildman–Crippen LogP) is 2.35. The topological polar surface area (TPSA) is 299 Å². The molecule has 2 aromatic heterocycles. The summed E-state index contributed by atoms with van der Waals surface area (Å²) in [4.78, 5) is 110. The zero-order chi connectivity index (χ0) is 50.1. The minimum Gasteiger partial charge on any atom is -0.458 e. The number of esters is 1. The Balaban J connectivity index is 1.81. The number of guanidine groups is 1. The van der Waals surface area contributed by atoms with Gasteiger partial charge in [-0.3, -0.25) is 43.6 Å². The Kier molecular flexibility index (Phi) is 18.7. The largest absolute Gasteiger partial charge is 0.471 e. The highest BCUT2D eigenvalue weighted by Gasteiger charge is 2.43. The Bertz CT molecular complexity index is 2290. The number of nitrogens with zero attached hydrogens (tertiary/aromatic N) is 5. The van der Waals surface area contributed by atoms with Gasteiger partial charge in [-0.15, -0.1) is 0 Å². The number of rotatable bonds is 24. The number of hydrogen-bond donors (Lipinski definition) is 7. The smallest absolute Gasteiger partial charge is 0.458 e. The lowest BCUT2D eigenvalue weighted by atomic mass is 9.92. The van der Waals surface area contributed by atoms with E-state index in [1.165, 1.54) is 7.05 Å². The molecule has 3 rings (SSSR count). The van der Waals surface area contributed by atoms with Gasteiger partial charge in [0.2, 0.25) is 11.9 Å². The number of aliphatic imine (C=N–C) groups is 1. The van der Waals surface area contributed by atoms with Crippen molar-refractivity contribution in [2.75, 3.05) is 37.8 Å². The Morgan fingerprint density at radius 3 is 2.31 bits per heavy atom. The van der Waals surface area contributed by atoms with Crippen LogP contribution in [0.25, 0.3) is 11.2 Å². The SMILES string of the molecule is [3H]C([3H])NCCCC[C@H](NC(=O)[C@H](CCCNC(N)=NC)CC(=O)CC[C@H](NC(=O)c1ccc(N(Cc2cnc3nc(N)[nH]c(=O)c3n2)C(=O)C(F)(F)F)cc1)C(=O)OC(C)(C)C)C(=O)CC. The third-order valence-electron chi connectivity index (χ3n) is 9.68. The molecule has 0 saturated heterocycles. The first-order valence-electron chi connectivity index (χ1n) is 22.0. The van der Waals surface area contributed by atoms with Crippen molar-refractivity contribution in [3.63, 3.8) is 0 Å². The summed E-state index contributed by atoms with van der Waals surface area (Å²) in [7, 11) is 1.49. The van der Waals surface area contributed by atoms with Crippen LogP contribution in [0.2, 0.25) is 0 Å². The molecule has 0 bridgehead atoms. The van der Waals surface area contributed by atoms with E-state index in [1.807, 2.05) is 0 Å². The van der Waals surface area contributed by atoms with Gasteiger partial charge in [0.25, 0.3) is 11.5 Å². The van der Waals surface area contributed by atoms with Crippen LogP contribution in [0.4, 0.5) is 24.8 Å². The molecule has 1 aromatic carbocycles. The summed E-state index contributed by atoms with van der Waals surface area (Å²) >= 11 is 0. The first-order valence-corrected chi connectivity index (χ1v) is 20.8. The van der Waals surface area contributed by atoms with Crippen LogP contribution in [0.15, 0.2) is 40.2 Å². The van der Waals surface area contributed by atoms with E-state index in [-0.39, 0.29) is 77.9 Å². The fraction of sp³-hybridized carbons (Fsp3) is 0.548. The van der Waals surface area contributed by atoms with Gasteiger partial charge in [0.1, 0.15) is 17.4 Å².